The van der Waals surface area contributed by atoms with Crippen molar-refractivity contribution in [2.24, 2.45) is 0 Å². The zero-order valence-electron chi connectivity index (χ0n) is 13.8. The van der Waals surface area contributed by atoms with Gasteiger partial charge in [-0.1, -0.05) is 0 Å². The Hall–Kier alpha value is -2.74. The molecule has 0 atom stereocenters. The van der Waals surface area contributed by atoms with Gasteiger partial charge in [0, 0.05) is 42.4 Å². The summed E-state index contributed by atoms with van der Waals surface area (Å²) in [7, 11) is 0. The number of non-ortho nitro benzene ring substituents is 1. The lowest BCUT2D eigenvalue weighted by Gasteiger charge is -2.32. The first-order chi connectivity index (χ1) is 12.5. The van der Waals surface area contributed by atoms with Crippen molar-refractivity contribution in [3.63, 3.8) is 0 Å². The minimum Gasteiger partial charge on any atom is -0.467 e. The van der Waals surface area contributed by atoms with Gasteiger partial charge in [-0.05, 0) is 24.5 Å². The Morgan fingerprint density at radius 1 is 1.19 bits per heavy atom. The number of rotatable bonds is 3. The average Bonchev–Trinajstić information content (AvgIpc) is 2.61. The summed E-state index contributed by atoms with van der Waals surface area (Å²) in [5, 5.41) is 11.2. The lowest BCUT2D eigenvalue weighted by molar-refractivity contribution is -0.385. The van der Waals surface area contributed by atoms with Crippen molar-refractivity contribution in [2.45, 2.75) is 26.0 Å². The number of hydrogen-bond acceptors (Lipinski definition) is 5. The molecule has 0 aliphatic carbocycles. The maximum Gasteiger partial charge on any atom is 0.270 e. The summed E-state index contributed by atoms with van der Waals surface area (Å²) in [6.45, 7) is 1.09. The van der Waals surface area contributed by atoms with Crippen LogP contribution in [-0.4, -0.2) is 18.3 Å². The highest BCUT2D eigenvalue weighted by molar-refractivity contribution is 5.59. The summed E-state index contributed by atoms with van der Waals surface area (Å²) < 4.78 is 38.6. The Balaban J connectivity index is 1.75. The van der Waals surface area contributed by atoms with Crippen LogP contribution >= 0.6 is 0 Å². The maximum atomic E-state index is 14.4. The number of benzene rings is 2. The molecule has 0 aromatic heterocycles. The molecule has 0 saturated carbocycles. The van der Waals surface area contributed by atoms with E-state index in [9.17, 15) is 18.9 Å². The van der Waals surface area contributed by atoms with E-state index in [1.807, 2.05) is 0 Å². The predicted molar refractivity (Wildman–Crippen MR) is 89.1 cm³/mol. The summed E-state index contributed by atoms with van der Waals surface area (Å²) in [4.78, 5) is 12.5. The number of nitro groups is 1. The maximum absolute atomic E-state index is 14.4. The number of aryl methyl sites for hydroxylation is 1. The minimum absolute atomic E-state index is 0.0635. The van der Waals surface area contributed by atoms with Crippen LogP contribution in [0.5, 0.6) is 5.75 Å². The molecule has 0 amide bonds. The number of nitrogens with zero attached hydrogens (tertiary/aromatic N) is 2. The van der Waals surface area contributed by atoms with E-state index in [2.05, 4.69) is 0 Å². The molecule has 0 unspecified atom stereocenters. The Kier molecular flexibility index (Phi) is 4.20. The largest absolute Gasteiger partial charge is 0.467 e. The summed E-state index contributed by atoms with van der Waals surface area (Å²) in [6.07, 6.45) is 1.34. The molecule has 6 nitrogen and oxygen atoms in total. The van der Waals surface area contributed by atoms with Gasteiger partial charge >= 0.3 is 0 Å². The monoisotopic (exact) mass is 362 g/mol. The predicted octanol–water partition coefficient (Wildman–Crippen LogP) is 3.69. The molecule has 2 aromatic rings. The van der Waals surface area contributed by atoms with Gasteiger partial charge in [-0.2, -0.15) is 0 Å². The molecule has 2 aliphatic heterocycles. The Bertz CT molecular complexity index is 888. The first kappa shape index (κ1) is 16.7. The minimum atomic E-state index is -0.622. The second-order valence-electron chi connectivity index (χ2n) is 6.38. The summed E-state index contributed by atoms with van der Waals surface area (Å²) in [5.74, 6) is -0.684. The smallest absolute Gasteiger partial charge is 0.270 e. The fourth-order valence-electron chi connectivity index (χ4n) is 3.60. The number of ether oxygens (including phenoxy) is 2. The quantitative estimate of drug-likeness (QED) is 0.615. The van der Waals surface area contributed by atoms with Gasteiger partial charge in [0.05, 0.1) is 17.2 Å². The van der Waals surface area contributed by atoms with Crippen LogP contribution in [0.2, 0.25) is 0 Å². The van der Waals surface area contributed by atoms with Gasteiger partial charge < -0.3 is 14.4 Å². The van der Waals surface area contributed by atoms with Crippen LogP contribution in [0.4, 0.5) is 20.2 Å². The summed E-state index contributed by atoms with van der Waals surface area (Å²) >= 11 is 0. The van der Waals surface area contributed by atoms with Crippen molar-refractivity contribution in [3.8, 4) is 5.75 Å². The molecule has 26 heavy (non-hydrogen) atoms. The van der Waals surface area contributed by atoms with Crippen LogP contribution in [0.25, 0.3) is 0 Å². The van der Waals surface area contributed by atoms with Crippen LogP contribution in [0, 0.1) is 21.7 Å². The van der Waals surface area contributed by atoms with Gasteiger partial charge in [-0.3, -0.25) is 10.1 Å². The van der Waals surface area contributed by atoms with Crippen LogP contribution in [0.1, 0.15) is 23.1 Å². The highest BCUT2D eigenvalue weighted by atomic mass is 19.1. The normalized spacial score (nSPS) is 15.8. The van der Waals surface area contributed by atoms with Crippen molar-refractivity contribution in [1.29, 1.82) is 0 Å². The molecule has 0 bridgehead atoms. The van der Waals surface area contributed by atoms with Crippen molar-refractivity contribution >= 4 is 11.4 Å². The van der Waals surface area contributed by atoms with Gasteiger partial charge in [0.1, 0.15) is 17.4 Å². The fraction of sp³-hybridized carbons (Fsp3) is 0.333. The van der Waals surface area contributed by atoms with E-state index in [4.69, 9.17) is 9.47 Å². The van der Waals surface area contributed by atoms with Gasteiger partial charge in [-0.25, -0.2) is 8.78 Å². The molecule has 8 heteroatoms. The molecule has 0 radical (unpaired) electrons. The standard InChI is InChI=1S/C18H16F2N2O4/c19-14-4-11-2-1-3-21(17(11)16(20)7-14)8-12-5-15(22(23)24)6-13-9-25-10-26-18(12)13/h4-7H,1-3,8-10H2. The third-order valence-electron chi connectivity index (χ3n) is 4.64. The van der Waals surface area contributed by atoms with E-state index in [1.54, 1.807) is 4.90 Å². The van der Waals surface area contributed by atoms with E-state index < -0.39 is 16.6 Å². The molecule has 4 rings (SSSR count). The number of fused-ring (bicyclic) bond motifs is 2. The highest BCUT2D eigenvalue weighted by Crippen LogP contribution is 2.37. The number of hydrogen-bond donors (Lipinski definition) is 0. The molecule has 0 spiro atoms. The van der Waals surface area contributed by atoms with E-state index >= 15 is 0 Å². The number of nitro benzene ring substituents is 1. The zero-order chi connectivity index (χ0) is 18.3. The van der Waals surface area contributed by atoms with Crippen molar-refractivity contribution in [2.75, 3.05) is 18.2 Å². The van der Waals surface area contributed by atoms with Crippen LogP contribution in [0.3, 0.4) is 0 Å². The second kappa shape index (κ2) is 6.53. The van der Waals surface area contributed by atoms with Gasteiger partial charge in [0.15, 0.2) is 6.79 Å². The van der Waals surface area contributed by atoms with E-state index in [0.717, 1.165) is 12.5 Å². The van der Waals surface area contributed by atoms with E-state index in [-0.39, 0.29) is 25.6 Å². The Labute approximate surface area is 148 Å². The van der Waals surface area contributed by atoms with Crippen LogP contribution < -0.4 is 9.64 Å². The molecule has 2 heterocycles. The Morgan fingerprint density at radius 3 is 2.85 bits per heavy atom. The lowest BCUT2D eigenvalue weighted by Crippen LogP contribution is -2.30. The molecular formula is C18H16F2N2O4. The SMILES string of the molecule is O=[N+]([O-])c1cc2c(c(CN3CCCc4cc(F)cc(F)c43)c1)OCOC2. The first-order valence-electron chi connectivity index (χ1n) is 8.26. The van der Waals surface area contributed by atoms with Crippen LogP contribution in [0.15, 0.2) is 24.3 Å². The summed E-state index contributed by atoms with van der Waals surface area (Å²) in [6, 6.07) is 5.08. The van der Waals surface area contributed by atoms with Crippen molar-refractivity contribution in [3.05, 3.63) is 62.7 Å². The molecule has 2 aliphatic rings. The van der Waals surface area contributed by atoms with Crippen LogP contribution in [-0.2, 0) is 24.3 Å². The second-order valence-corrected chi connectivity index (χ2v) is 6.38. The first-order valence-corrected chi connectivity index (χ1v) is 8.26. The van der Waals surface area contributed by atoms with Gasteiger partial charge in [0.25, 0.3) is 5.69 Å². The number of anilines is 1. The Morgan fingerprint density at radius 2 is 2.04 bits per heavy atom. The van der Waals surface area contributed by atoms with E-state index in [1.165, 1.54) is 18.2 Å². The molecule has 0 fully saturated rings. The third-order valence-corrected chi connectivity index (χ3v) is 4.64. The zero-order valence-corrected chi connectivity index (χ0v) is 13.8. The van der Waals surface area contributed by atoms with E-state index in [0.29, 0.717) is 41.1 Å². The number of halogens is 2. The molecular weight excluding hydrogens is 346 g/mol. The summed E-state index contributed by atoms with van der Waals surface area (Å²) in [5.41, 5.74) is 2.08. The van der Waals surface area contributed by atoms with Crippen molar-refractivity contribution in [1.82, 2.24) is 0 Å². The molecule has 0 N–H and O–H groups in total. The molecule has 0 saturated heterocycles. The van der Waals surface area contributed by atoms with Gasteiger partial charge in [0.2, 0.25) is 0 Å². The fourth-order valence-corrected chi connectivity index (χ4v) is 3.60. The third kappa shape index (κ3) is 2.96. The van der Waals surface area contributed by atoms with Gasteiger partial charge in [-0.15, -0.1) is 0 Å². The van der Waals surface area contributed by atoms with Crippen molar-refractivity contribution < 1.29 is 23.2 Å². The molecule has 136 valence electrons. The highest BCUT2D eigenvalue weighted by Gasteiger charge is 2.26. The topological polar surface area (TPSA) is 64.8 Å². The lowest BCUT2D eigenvalue weighted by atomic mass is 9.99. The average molecular weight is 362 g/mol. The molecule has 2 aromatic carbocycles.